The summed E-state index contributed by atoms with van der Waals surface area (Å²) in [4.78, 5) is 2.07. The molecule has 102 valence electrons. The summed E-state index contributed by atoms with van der Waals surface area (Å²) < 4.78 is 0. The Morgan fingerprint density at radius 1 is 1.11 bits per heavy atom. The van der Waals surface area contributed by atoms with Gasteiger partial charge in [0.15, 0.2) is 0 Å². The number of likely N-dealkylation sites (N-methyl/N-ethyl adjacent to an activating group) is 1. The SMILES string of the molecule is CCC(C)c1ccc(C(N(C)C)C(C)(C)O)cc1. The minimum atomic E-state index is -0.749. The highest BCUT2D eigenvalue weighted by Crippen LogP contribution is 2.31. The predicted octanol–water partition coefficient (Wildman–Crippen LogP) is 3.57. The number of hydrogen-bond donors (Lipinski definition) is 1. The second-order valence-electron chi connectivity index (χ2n) is 6.00. The summed E-state index contributed by atoms with van der Waals surface area (Å²) in [6.45, 7) is 8.17. The summed E-state index contributed by atoms with van der Waals surface area (Å²) in [5.74, 6) is 0.596. The van der Waals surface area contributed by atoms with Gasteiger partial charge in [0, 0.05) is 0 Å². The number of rotatable bonds is 5. The number of hydrogen-bond acceptors (Lipinski definition) is 2. The highest BCUT2D eigenvalue weighted by molar-refractivity contribution is 5.28. The fourth-order valence-corrected chi connectivity index (χ4v) is 2.58. The van der Waals surface area contributed by atoms with Crippen molar-refractivity contribution in [3.8, 4) is 0 Å². The van der Waals surface area contributed by atoms with Crippen molar-refractivity contribution in [1.82, 2.24) is 4.90 Å². The fourth-order valence-electron chi connectivity index (χ4n) is 2.58. The highest BCUT2D eigenvalue weighted by atomic mass is 16.3. The van der Waals surface area contributed by atoms with Crippen LogP contribution >= 0.6 is 0 Å². The fraction of sp³-hybridized carbons (Fsp3) is 0.625. The van der Waals surface area contributed by atoms with E-state index >= 15 is 0 Å². The molecule has 0 aliphatic carbocycles. The Kier molecular flexibility index (Phi) is 4.94. The lowest BCUT2D eigenvalue weighted by atomic mass is 9.89. The minimum Gasteiger partial charge on any atom is -0.388 e. The highest BCUT2D eigenvalue weighted by Gasteiger charge is 2.30. The van der Waals surface area contributed by atoms with Crippen LogP contribution in [0.5, 0.6) is 0 Å². The molecule has 0 aromatic heterocycles. The molecule has 0 radical (unpaired) electrons. The van der Waals surface area contributed by atoms with Crippen LogP contribution in [0.2, 0.25) is 0 Å². The smallest absolute Gasteiger partial charge is 0.0787 e. The Labute approximate surface area is 112 Å². The topological polar surface area (TPSA) is 23.5 Å². The van der Waals surface area contributed by atoms with Crippen molar-refractivity contribution in [3.63, 3.8) is 0 Å². The lowest BCUT2D eigenvalue weighted by Gasteiger charge is -2.35. The maximum Gasteiger partial charge on any atom is 0.0787 e. The van der Waals surface area contributed by atoms with E-state index in [2.05, 4.69) is 43.0 Å². The molecule has 0 aliphatic heterocycles. The van der Waals surface area contributed by atoms with Gasteiger partial charge in [-0.2, -0.15) is 0 Å². The van der Waals surface area contributed by atoms with E-state index in [4.69, 9.17) is 0 Å². The second kappa shape index (κ2) is 5.85. The first kappa shape index (κ1) is 15.2. The average molecular weight is 249 g/mol. The Hall–Kier alpha value is -0.860. The largest absolute Gasteiger partial charge is 0.388 e. The van der Waals surface area contributed by atoms with E-state index in [0.29, 0.717) is 5.92 Å². The van der Waals surface area contributed by atoms with Gasteiger partial charge in [0.25, 0.3) is 0 Å². The van der Waals surface area contributed by atoms with Crippen LogP contribution in [-0.2, 0) is 0 Å². The molecule has 0 aliphatic rings. The Balaban J connectivity index is 3.02. The van der Waals surface area contributed by atoms with Gasteiger partial charge < -0.3 is 5.11 Å². The maximum atomic E-state index is 10.3. The van der Waals surface area contributed by atoms with Crippen molar-refractivity contribution < 1.29 is 5.11 Å². The first-order valence-electron chi connectivity index (χ1n) is 6.76. The number of aliphatic hydroxyl groups is 1. The third-order valence-corrected chi connectivity index (χ3v) is 3.62. The van der Waals surface area contributed by atoms with E-state index in [1.54, 1.807) is 0 Å². The summed E-state index contributed by atoms with van der Waals surface area (Å²) in [6, 6.07) is 8.68. The molecular formula is C16H27NO. The van der Waals surface area contributed by atoms with E-state index in [1.807, 2.05) is 27.9 Å². The molecule has 0 fully saturated rings. The zero-order valence-corrected chi connectivity index (χ0v) is 12.6. The molecule has 1 N–H and O–H groups in total. The number of benzene rings is 1. The maximum absolute atomic E-state index is 10.3. The van der Waals surface area contributed by atoms with Crippen molar-refractivity contribution in [1.29, 1.82) is 0 Å². The molecular weight excluding hydrogens is 222 g/mol. The van der Waals surface area contributed by atoms with Crippen LogP contribution in [-0.4, -0.2) is 29.7 Å². The first-order chi connectivity index (χ1) is 8.27. The van der Waals surface area contributed by atoms with Crippen molar-refractivity contribution in [2.45, 2.75) is 51.7 Å². The van der Waals surface area contributed by atoms with Crippen LogP contribution in [0.3, 0.4) is 0 Å². The quantitative estimate of drug-likeness (QED) is 0.862. The van der Waals surface area contributed by atoms with Gasteiger partial charge in [0.1, 0.15) is 0 Å². The molecule has 2 atom stereocenters. The zero-order valence-electron chi connectivity index (χ0n) is 12.6. The standard InChI is InChI=1S/C16H27NO/c1-7-12(2)13-8-10-14(11-9-13)15(17(5)6)16(3,4)18/h8-12,15,18H,7H2,1-6H3. The lowest BCUT2D eigenvalue weighted by molar-refractivity contribution is -0.00315. The summed E-state index contributed by atoms with van der Waals surface area (Å²) in [5, 5.41) is 10.3. The summed E-state index contributed by atoms with van der Waals surface area (Å²) >= 11 is 0. The third kappa shape index (κ3) is 3.56. The molecule has 0 saturated heterocycles. The minimum absolute atomic E-state index is 0.0171. The molecule has 18 heavy (non-hydrogen) atoms. The van der Waals surface area contributed by atoms with Crippen LogP contribution in [0.4, 0.5) is 0 Å². The van der Waals surface area contributed by atoms with E-state index in [0.717, 1.165) is 6.42 Å². The van der Waals surface area contributed by atoms with Crippen molar-refractivity contribution in [3.05, 3.63) is 35.4 Å². The molecule has 0 amide bonds. The molecule has 0 saturated carbocycles. The third-order valence-electron chi connectivity index (χ3n) is 3.62. The van der Waals surface area contributed by atoms with Crippen LogP contribution in [0.1, 0.15) is 57.2 Å². The summed E-state index contributed by atoms with van der Waals surface area (Å²) in [5.41, 5.74) is 1.79. The zero-order chi connectivity index (χ0) is 13.9. The Morgan fingerprint density at radius 2 is 1.56 bits per heavy atom. The molecule has 2 nitrogen and oxygen atoms in total. The van der Waals surface area contributed by atoms with E-state index in [9.17, 15) is 5.11 Å². The van der Waals surface area contributed by atoms with Gasteiger partial charge in [0.05, 0.1) is 11.6 Å². The number of nitrogens with zero attached hydrogens (tertiary/aromatic N) is 1. The van der Waals surface area contributed by atoms with E-state index in [1.165, 1.54) is 11.1 Å². The van der Waals surface area contributed by atoms with Gasteiger partial charge in [-0.3, -0.25) is 4.90 Å². The van der Waals surface area contributed by atoms with Crippen LogP contribution < -0.4 is 0 Å². The van der Waals surface area contributed by atoms with Crippen molar-refractivity contribution >= 4 is 0 Å². The van der Waals surface area contributed by atoms with Crippen LogP contribution in [0.15, 0.2) is 24.3 Å². The second-order valence-corrected chi connectivity index (χ2v) is 6.00. The summed E-state index contributed by atoms with van der Waals surface area (Å²) in [7, 11) is 4.01. The molecule has 0 heterocycles. The molecule has 1 aromatic carbocycles. The van der Waals surface area contributed by atoms with Gasteiger partial charge in [-0.25, -0.2) is 0 Å². The van der Waals surface area contributed by atoms with Crippen molar-refractivity contribution in [2.24, 2.45) is 0 Å². The van der Waals surface area contributed by atoms with Gasteiger partial charge in [-0.15, -0.1) is 0 Å². The van der Waals surface area contributed by atoms with E-state index < -0.39 is 5.60 Å². The lowest BCUT2D eigenvalue weighted by Crippen LogP contribution is -2.38. The summed E-state index contributed by atoms with van der Waals surface area (Å²) in [6.07, 6.45) is 1.15. The molecule has 0 bridgehead atoms. The van der Waals surface area contributed by atoms with Crippen LogP contribution in [0.25, 0.3) is 0 Å². The van der Waals surface area contributed by atoms with Crippen molar-refractivity contribution in [2.75, 3.05) is 14.1 Å². The first-order valence-corrected chi connectivity index (χ1v) is 6.76. The van der Waals surface area contributed by atoms with E-state index in [-0.39, 0.29) is 6.04 Å². The Bertz CT molecular complexity index is 362. The predicted molar refractivity (Wildman–Crippen MR) is 77.9 cm³/mol. The van der Waals surface area contributed by atoms with Gasteiger partial charge >= 0.3 is 0 Å². The van der Waals surface area contributed by atoms with Gasteiger partial charge in [-0.1, -0.05) is 38.1 Å². The molecule has 2 heteroatoms. The normalized spacial score (nSPS) is 15.8. The van der Waals surface area contributed by atoms with Gasteiger partial charge in [0.2, 0.25) is 0 Å². The molecule has 2 unspecified atom stereocenters. The Morgan fingerprint density at radius 3 is 1.89 bits per heavy atom. The average Bonchev–Trinajstić information content (AvgIpc) is 2.26. The van der Waals surface area contributed by atoms with Crippen LogP contribution in [0, 0.1) is 0 Å². The van der Waals surface area contributed by atoms with Gasteiger partial charge in [-0.05, 0) is 51.4 Å². The molecule has 1 rings (SSSR count). The monoisotopic (exact) mass is 249 g/mol. The molecule has 0 spiro atoms. The molecule has 1 aromatic rings.